The van der Waals surface area contributed by atoms with E-state index < -0.39 is 5.60 Å². The Bertz CT molecular complexity index is 258. The van der Waals surface area contributed by atoms with Gasteiger partial charge in [0.2, 0.25) is 5.91 Å². The van der Waals surface area contributed by atoms with E-state index in [2.05, 4.69) is 5.32 Å². The minimum absolute atomic E-state index is 0.121. The number of nitrogens with one attached hydrogen (secondary N) is 1. The van der Waals surface area contributed by atoms with Crippen molar-refractivity contribution in [3.05, 3.63) is 0 Å². The van der Waals surface area contributed by atoms with Gasteiger partial charge in [0.1, 0.15) is 0 Å². The Morgan fingerprint density at radius 1 is 1.24 bits per heavy atom. The van der Waals surface area contributed by atoms with Crippen molar-refractivity contribution in [1.29, 1.82) is 0 Å². The summed E-state index contributed by atoms with van der Waals surface area (Å²) in [6.45, 7) is 0.447. The number of amides is 1. The normalized spacial score (nSPS) is 28.6. The van der Waals surface area contributed by atoms with Crippen LogP contribution in [0.4, 0.5) is 0 Å². The van der Waals surface area contributed by atoms with Crippen LogP contribution < -0.4 is 5.32 Å². The quantitative estimate of drug-likeness (QED) is 0.814. The second-order valence-electron chi connectivity index (χ2n) is 5.36. The molecule has 0 bridgehead atoms. The SMILES string of the molecule is O=C(NCC1(O)CCCCC1)C1CCCCS1. The van der Waals surface area contributed by atoms with Crippen LogP contribution in [-0.4, -0.2) is 34.2 Å². The lowest BCUT2D eigenvalue weighted by Crippen LogP contribution is -2.46. The van der Waals surface area contributed by atoms with Gasteiger partial charge in [0, 0.05) is 6.54 Å². The van der Waals surface area contributed by atoms with Gasteiger partial charge in [-0.05, 0) is 31.4 Å². The first kappa shape index (κ1) is 13.2. The van der Waals surface area contributed by atoms with E-state index in [1.54, 1.807) is 11.8 Å². The molecular formula is C13H23NO2S. The highest BCUT2D eigenvalue weighted by molar-refractivity contribution is 8.00. The van der Waals surface area contributed by atoms with Crippen molar-refractivity contribution in [2.75, 3.05) is 12.3 Å². The van der Waals surface area contributed by atoms with Crippen molar-refractivity contribution in [1.82, 2.24) is 5.32 Å². The molecule has 1 aliphatic carbocycles. The molecule has 2 aliphatic rings. The summed E-state index contributed by atoms with van der Waals surface area (Å²) in [7, 11) is 0. The van der Waals surface area contributed by atoms with Gasteiger partial charge in [-0.2, -0.15) is 0 Å². The zero-order chi connectivity index (χ0) is 12.1. The second-order valence-corrected chi connectivity index (χ2v) is 6.67. The van der Waals surface area contributed by atoms with E-state index >= 15 is 0 Å². The Balaban J connectivity index is 1.74. The summed E-state index contributed by atoms with van der Waals surface area (Å²) >= 11 is 1.76. The van der Waals surface area contributed by atoms with E-state index in [-0.39, 0.29) is 11.2 Å². The van der Waals surface area contributed by atoms with Crippen molar-refractivity contribution in [2.24, 2.45) is 0 Å². The van der Waals surface area contributed by atoms with Crippen LogP contribution in [0, 0.1) is 0 Å². The van der Waals surface area contributed by atoms with Crippen LogP contribution in [0.25, 0.3) is 0 Å². The standard InChI is InChI=1S/C13H23NO2S/c15-12(11-6-2-5-9-17-11)14-10-13(16)7-3-1-4-8-13/h11,16H,1-10H2,(H,14,15). The maximum atomic E-state index is 11.9. The number of hydrogen-bond donors (Lipinski definition) is 2. The Morgan fingerprint density at radius 2 is 2.00 bits per heavy atom. The number of thioether (sulfide) groups is 1. The topological polar surface area (TPSA) is 49.3 Å². The number of carbonyl (C=O) groups excluding carboxylic acids is 1. The average Bonchev–Trinajstić information content (AvgIpc) is 2.38. The minimum atomic E-state index is -0.632. The molecule has 0 aromatic carbocycles. The Hall–Kier alpha value is -0.220. The van der Waals surface area contributed by atoms with Gasteiger partial charge < -0.3 is 10.4 Å². The van der Waals surface area contributed by atoms with Crippen molar-refractivity contribution in [3.63, 3.8) is 0 Å². The van der Waals surface area contributed by atoms with Crippen LogP contribution in [-0.2, 0) is 4.79 Å². The molecule has 2 N–H and O–H groups in total. The van der Waals surface area contributed by atoms with E-state index in [0.29, 0.717) is 6.54 Å². The lowest BCUT2D eigenvalue weighted by atomic mass is 9.85. The van der Waals surface area contributed by atoms with E-state index in [0.717, 1.165) is 44.3 Å². The fraction of sp³-hybridized carbons (Fsp3) is 0.923. The van der Waals surface area contributed by atoms with Gasteiger partial charge >= 0.3 is 0 Å². The maximum absolute atomic E-state index is 11.9. The molecule has 17 heavy (non-hydrogen) atoms. The molecule has 1 aliphatic heterocycles. The second kappa shape index (κ2) is 6.10. The molecule has 0 aromatic heterocycles. The van der Waals surface area contributed by atoms with Gasteiger partial charge in [-0.1, -0.05) is 25.7 Å². The summed E-state index contributed by atoms with van der Waals surface area (Å²) in [5.74, 6) is 1.23. The number of hydrogen-bond acceptors (Lipinski definition) is 3. The number of aliphatic hydroxyl groups is 1. The Kier molecular flexibility index (Phi) is 4.74. The predicted octanol–water partition coefficient (Wildman–Crippen LogP) is 2.08. The molecule has 1 saturated heterocycles. The third-order valence-electron chi connectivity index (χ3n) is 3.85. The average molecular weight is 257 g/mol. The first-order valence-corrected chi connectivity index (χ1v) is 7.86. The van der Waals surface area contributed by atoms with Crippen LogP contribution in [0.3, 0.4) is 0 Å². The smallest absolute Gasteiger partial charge is 0.233 e. The molecule has 1 heterocycles. The van der Waals surface area contributed by atoms with Crippen LogP contribution in [0.15, 0.2) is 0 Å². The third kappa shape index (κ3) is 3.88. The molecule has 98 valence electrons. The molecule has 1 saturated carbocycles. The zero-order valence-electron chi connectivity index (χ0n) is 10.4. The fourth-order valence-electron chi connectivity index (χ4n) is 2.70. The molecular weight excluding hydrogens is 234 g/mol. The van der Waals surface area contributed by atoms with Gasteiger partial charge in [-0.3, -0.25) is 4.79 Å². The predicted molar refractivity (Wildman–Crippen MR) is 71.1 cm³/mol. The largest absolute Gasteiger partial charge is 0.388 e. The maximum Gasteiger partial charge on any atom is 0.233 e. The molecule has 1 atom stereocenters. The van der Waals surface area contributed by atoms with Crippen LogP contribution in [0.2, 0.25) is 0 Å². The molecule has 4 heteroatoms. The molecule has 1 unspecified atom stereocenters. The minimum Gasteiger partial charge on any atom is -0.388 e. The van der Waals surface area contributed by atoms with Gasteiger partial charge in [0.05, 0.1) is 10.9 Å². The van der Waals surface area contributed by atoms with Crippen LogP contribution in [0.5, 0.6) is 0 Å². The van der Waals surface area contributed by atoms with Gasteiger partial charge in [0.25, 0.3) is 0 Å². The molecule has 0 aromatic rings. The zero-order valence-corrected chi connectivity index (χ0v) is 11.2. The van der Waals surface area contributed by atoms with E-state index in [1.807, 2.05) is 0 Å². The lowest BCUT2D eigenvalue weighted by Gasteiger charge is -2.32. The van der Waals surface area contributed by atoms with Gasteiger partial charge in [0.15, 0.2) is 0 Å². The number of carbonyl (C=O) groups is 1. The first-order chi connectivity index (χ1) is 8.20. The monoisotopic (exact) mass is 257 g/mol. The van der Waals surface area contributed by atoms with Crippen LogP contribution in [0.1, 0.15) is 51.4 Å². The van der Waals surface area contributed by atoms with Crippen molar-refractivity contribution in [3.8, 4) is 0 Å². The third-order valence-corrected chi connectivity index (χ3v) is 5.22. The van der Waals surface area contributed by atoms with Crippen LogP contribution >= 0.6 is 11.8 Å². The summed E-state index contributed by atoms with van der Waals surface area (Å²) in [6.07, 6.45) is 8.46. The Morgan fingerprint density at radius 3 is 2.65 bits per heavy atom. The highest BCUT2D eigenvalue weighted by atomic mass is 32.2. The summed E-state index contributed by atoms with van der Waals surface area (Å²) in [5, 5.41) is 13.4. The van der Waals surface area contributed by atoms with E-state index in [1.165, 1.54) is 12.8 Å². The molecule has 0 spiro atoms. The van der Waals surface area contributed by atoms with E-state index in [9.17, 15) is 9.90 Å². The highest BCUT2D eigenvalue weighted by Gasteiger charge is 2.30. The highest BCUT2D eigenvalue weighted by Crippen LogP contribution is 2.28. The molecule has 2 fully saturated rings. The first-order valence-electron chi connectivity index (χ1n) is 6.81. The lowest BCUT2D eigenvalue weighted by molar-refractivity contribution is -0.122. The fourth-order valence-corrected chi connectivity index (χ4v) is 3.92. The molecule has 1 amide bonds. The summed E-state index contributed by atoms with van der Waals surface area (Å²) in [6, 6.07) is 0. The van der Waals surface area contributed by atoms with Gasteiger partial charge in [-0.15, -0.1) is 11.8 Å². The van der Waals surface area contributed by atoms with Crippen molar-refractivity contribution in [2.45, 2.75) is 62.2 Å². The number of rotatable bonds is 3. The van der Waals surface area contributed by atoms with Crippen molar-refractivity contribution >= 4 is 17.7 Å². The molecule has 3 nitrogen and oxygen atoms in total. The Labute approximate surface area is 108 Å². The summed E-state index contributed by atoms with van der Waals surface area (Å²) < 4.78 is 0. The summed E-state index contributed by atoms with van der Waals surface area (Å²) in [5.41, 5.74) is -0.632. The van der Waals surface area contributed by atoms with E-state index in [4.69, 9.17) is 0 Å². The van der Waals surface area contributed by atoms with Gasteiger partial charge in [-0.25, -0.2) is 0 Å². The molecule has 2 rings (SSSR count). The van der Waals surface area contributed by atoms with Crippen molar-refractivity contribution < 1.29 is 9.90 Å². The summed E-state index contributed by atoms with van der Waals surface area (Å²) in [4.78, 5) is 11.9. The molecule has 0 radical (unpaired) electrons.